The highest BCUT2D eigenvalue weighted by Crippen LogP contribution is 2.21. The lowest BCUT2D eigenvalue weighted by Crippen LogP contribution is -2.11. The number of carbonyl (C=O) groups is 1. The Morgan fingerprint density at radius 2 is 2.37 bits per heavy atom. The minimum absolute atomic E-state index is 0.0396. The summed E-state index contributed by atoms with van der Waals surface area (Å²) in [6, 6.07) is 3.13. The number of pyridine rings is 1. The van der Waals surface area contributed by atoms with Crippen LogP contribution in [0.3, 0.4) is 0 Å². The fraction of sp³-hybridized carbons (Fsp3) is 0.333. The second-order valence-corrected chi connectivity index (χ2v) is 3.75. The van der Waals surface area contributed by atoms with Gasteiger partial charge in [0.15, 0.2) is 5.82 Å². The van der Waals surface area contributed by atoms with E-state index in [1.807, 2.05) is 13.0 Å². The molecule has 1 heterocycles. The molecule has 0 saturated heterocycles. The van der Waals surface area contributed by atoms with Crippen LogP contribution >= 0.6 is 0 Å². The van der Waals surface area contributed by atoms with Crippen molar-refractivity contribution in [3.8, 4) is 6.07 Å². The molecule has 3 N–H and O–H groups in total. The Bertz CT molecular complexity index is 522. The molecule has 1 rings (SSSR count). The molecule has 0 spiro atoms. The van der Waals surface area contributed by atoms with E-state index in [9.17, 15) is 4.79 Å². The van der Waals surface area contributed by atoms with E-state index >= 15 is 0 Å². The summed E-state index contributed by atoms with van der Waals surface area (Å²) in [6.45, 7) is 5.88. The van der Waals surface area contributed by atoms with Gasteiger partial charge in [-0.2, -0.15) is 10.4 Å². The second-order valence-electron chi connectivity index (χ2n) is 3.75. The number of hydrogen-bond donors (Lipinski definition) is 3. The average molecular weight is 261 g/mol. The van der Waals surface area contributed by atoms with Gasteiger partial charge < -0.3 is 10.4 Å². The number of anilines is 2. The van der Waals surface area contributed by atoms with E-state index in [-0.39, 0.29) is 22.8 Å². The highest BCUT2D eigenvalue weighted by molar-refractivity contribution is 5.94. The Hall–Kier alpha value is -2.62. The van der Waals surface area contributed by atoms with Crippen LogP contribution in [-0.4, -0.2) is 29.3 Å². The number of aromatic nitrogens is 1. The highest BCUT2D eigenvalue weighted by atomic mass is 16.4. The predicted octanol–water partition coefficient (Wildman–Crippen LogP) is 1.89. The molecule has 100 valence electrons. The Balaban J connectivity index is 3.17. The number of carboxylic acids is 1. The molecule has 0 bridgehead atoms. The standard InChI is InChI=1S/C12H15N5O2/c1-3-4-5-15-11-9(12(18)19)6-8(7-13)10(16-11)17-14-2/h6H,2-5H2,1H3,(H,18,19)(H2,15,16,17). The van der Waals surface area contributed by atoms with E-state index in [1.54, 1.807) is 0 Å². The molecule has 0 aliphatic rings. The summed E-state index contributed by atoms with van der Waals surface area (Å²) in [4.78, 5) is 15.2. The lowest BCUT2D eigenvalue weighted by Gasteiger charge is -2.11. The van der Waals surface area contributed by atoms with Crippen molar-refractivity contribution in [3.63, 3.8) is 0 Å². The summed E-state index contributed by atoms with van der Waals surface area (Å²) in [7, 11) is 0. The van der Waals surface area contributed by atoms with Crippen LogP contribution in [0.15, 0.2) is 11.2 Å². The van der Waals surface area contributed by atoms with Crippen molar-refractivity contribution >= 4 is 24.3 Å². The van der Waals surface area contributed by atoms with Gasteiger partial charge in [-0.15, -0.1) is 0 Å². The topological polar surface area (TPSA) is 110 Å². The van der Waals surface area contributed by atoms with Gasteiger partial charge in [-0.1, -0.05) is 13.3 Å². The minimum atomic E-state index is -1.14. The molecular formula is C12H15N5O2. The fourth-order valence-electron chi connectivity index (χ4n) is 1.44. The van der Waals surface area contributed by atoms with Gasteiger partial charge in [-0.05, 0) is 12.5 Å². The summed E-state index contributed by atoms with van der Waals surface area (Å²) in [6.07, 6.45) is 1.87. The molecule has 0 atom stereocenters. The van der Waals surface area contributed by atoms with Gasteiger partial charge in [0, 0.05) is 13.3 Å². The fourth-order valence-corrected chi connectivity index (χ4v) is 1.44. The zero-order chi connectivity index (χ0) is 14.3. The summed E-state index contributed by atoms with van der Waals surface area (Å²) < 4.78 is 0. The van der Waals surface area contributed by atoms with Crippen molar-refractivity contribution in [1.29, 1.82) is 5.26 Å². The first-order chi connectivity index (χ1) is 9.13. The molecular weight excluding hydrogens is 246 g/mol. The van der Waals surface area contributed by atoms with E-state index in [1.165, 1.54) is 6.07 Å². The molecule has 1 aromatic heterocycles. The van der Waals surface area contributed by atoms with Crippen LogP contribution in [0.1, 0.15) is 35.7 Å². The van der Waals surface area contributed by atoms with E-state index in [0.29, 0.717) is 6.54 Å². The van der Waals surface area contributed by atoms with Crippen molar-refractivity contribution in [3.05, 3.63) is 17.2 Å². The minimum Gasteiger partial charge on any atom is -0.478 e. The molecule has 0 unspecified atom stereocenters. The quantitative estimate of drug-likeness (QED) is 0.392. The molecule has 0 saturated carbocycles. The molecule has 7 heteroatoms. The molecule has 0 aliphatic carbocycles. The number of carboxylic acid groups (broad SMARTS) is 1. The van der Waals surface area contributed by atoms with Crippen LogP contribution in [0.5, 0.6) is 0 Å². The number of aromatic carboxylic acids is 1. The van der Waals surface area contributed by atoms with Crippen molar-refractivity contribution in [2.75, 3.05) is 17.3 Å². The SMILES string of the molecule is C=NNc1nc(NCCCC)c(C(=O)O)cc1C#N. The van der Waals surface area contributed by atoms with Crippen molar-refractivity contribution < 1.29 is 9.90 Å². The van der Waals surface area contributed by atoms with E-state index in [0.717, 1.165) is 12.8 Å². The normalized spacial score (nSPS) is 9.47. The maximum Gasteiger partial charge on any atom is 0.339 e. The van der Waals surface area contributed by atoms with E-state index in [4.69, 9.17) is 10.4 Å². The Labute approximate surface area is 111 Å². The van der Waals surface area contributed by atoms with Crippen LogP contribution < -0.4 is 10.7 Å². The second kappa shape index (κ2) is 6.96. The summed E-state index contributed by atoms with van der Waals surface area (Å²) in [5, 5.41) is 24.4. The number of unbranched alkanes of at least 4 members (excludes halogenated alkanes) is 1. The van der Waals surface area contributed by atoms with Crippen molar-refractivity contribution in [1.82, 2.24) is 4.98 Å². The third kappa shape index (κ3) is 3.67. The first-order valence-corrected chi connectivity index (χ1v) is 5.78. The predicted molar refractivity (Wildman–Crippen MR) is 72.5 cm³/mol. The summed E-state index contributed by atoms with van der Waals surface area (Å²) in [5.41, 5.74) is 2.53. The van der Waals surface area contributed by atoms with Crippen LogP contribution in [0, 0.1) is 11.3 Å². The van der Waals surface area contributed by atoms with E-state index in [2.05, 4.69) is 27.5 Å². The lowest BCUT2D eigenvalue weighted by molar-refractivity contribution is 0.0697. The third-order valence-electron chi connectivity index (χ3n) is 2.38. The van der Waals surface area contributed by atoms with Gasteiger partial charge in [0.25, 0.3) is 0 Å². The zero-order valence-electron chi connectivity index (χ0n) is 10.6. The highest BCUT2D eigenvalue weighted by Gasteiger charge is 2.16. The largest absolute Gasteiger partial charge is 0.478 e. The third-order valence-corrected chi connectivity index (χ3v) is 2.38. The summed E-state index contributed by atoms with van der Waals surface area (Å²) in [5.74, 6) is -0.742. The Morgan fingerprint density at radius 3 is 2.89 bits per heavy atom. The molecule has 0 aromatic carbocycles. The number of nitriles is 1. The Morgan fingerprint density at radius 1 is 1.63 bits per heavy atom. The number of hydrazone groups is 1. The molecule has 0 aliphatic heterocycles. The molecule has 19 heavy (non-hydrogen) atoms. The smallest absolute Gasteiger partial charge is 0.339 e. The van der Waals surface area contributed by atoms with Gasteiger partial charge in [0.1, 0.15) is 17.5 Å². The molecule has 0 fully saturated rings. The monoisotopic (exact) mass is 261 g/mol. The Kier molecular flexibility index (Phi) is 5.29. The van der Waals surface area contributed by atoms with Gasteiger partial charge in [-0.25, -0.2) is 9.78 Å². The van der Waals surface area contributed by atoms with Gasteiger partial charge >= 0.3 is 5.97 Å². The van der Waals surface area contributed by atoms with Crippen molar-refractivity contribution in [2.24, 2.45) is 5.10 Å². The first-order valence-electron chi connectivity index (χ1n) is 5.78. The number of rotatable bonds is 7. The number of nitrogens with one attached hydrogen (secondary N) is 2. The average Bonchev–Trinajstić information content (AvgIpc) is 2.39. The van der Waals surface area contributed by atoms with Gasteiger partial charge in [0.2, 0.25) is 0 Å². The lowest BCUT2D eigenvalue weighted by atomic mass is 10.1. The van der Waals surface area contributed by atoms with Crippen LogP contribution in [0.25, 0.3) is 0 Å². The number of nitrogens with zero attached hydrogens (tertiary/aromatic N) is 3. The maximum atomic E-state index is 11.1. The van der Waals surface area contributed by atoms with Crippen LogP contribution in [0.2, 0.25) is 0 Å². The van der Waals surface area contributed by atoms with Crippen LogP contribution in [-0.2, 0) is 0 Å². The van der Waals surface area contributed by atoms with E-state index < -0.39 is 5.97 Å². The molecule has 0 radical (unpaired) electrons. The zero-order valence-corrected chi connectivity index (χ0v) is 10.6. The van der Waals surface area contributed by atoms with Crippen molar-refractivity contribution in [2.45, 2.75) is 19.8 Å². The summed E-state index contributed by atoms with van der Waals surface area (Å²) >= 11 is 0. The van der Waals surface area contributed by atoms with Crippen LogP contribution in [0.4, 0.5) is 11.6 Å². The van der Waals surface area contributed by atoms with Gasteiger partial charge in [0.05, 0.1) is 5.56 Å². The number of hydrogen-bond acceptors (Lipinski definition) is 6. The first kappa shape index (κ1) is 14.4. The maximum absolute atomic E-state index is 11.1. The molecule has 7 nitrogen and oxygen atoms in total. The van der Waals surface area contributed by atoms with Gasteiger partial charge in [-0.3, -0.25) is 5.43 Å². The molecule has 0 amide bonds. The molecule has 1 aromatic rings.